The number of hydrogen-bond acceptors (Lipinski definition) is 7. The van der Waals surface area contributed by atoms with Crippen LogP contribution >= 0.6 is 0 Å². The zero-order valence-electron chi connectivity index (χ0n) is 14.8. The van der Waals surface area contributed by atoms with Crippen molar-refractivity contribution >= 4 is 21.8 Å². The molecule has 1 amide bonds. The number of methoxy groups -OCH3 is 1. The quantitative estimate of drug-likeness (QED) is 0.602. The van der Waals surface area contributed by atoms with E-state index >= 15 is 0 Å². The number of aromatic nitrogens is 2. The van der Waals surface area contributed by atoms with Crippen molar-refractivity contribution in [2.45, 2.75) is 11.3 Å². The first-order chi connectivity index (χ1) is 13.4. The van der Waals surface area contributed by atoms with Crippen LogP contribution in [0.1, 0.15) is 6.42 Å². The minimum absolute atomic E-state index is 0.0557. The molecule has 3 aromatic rings. The molecule has 10 heteroatoms. The van der Waals surface area contributed by atoms with Gasteiger partial charge in [0.2, 0.25) is 11.8 Å². The fourth-order valence-electron chi connectivity index (χ4n) is 2.32. The Morgan fingerprint density at radius 3 is 2.64 bits per heavy atom. The van der Waals surface area contributed by atoms with E-state index in [1.165, 1.54) is 7.11 Å². The lowest BCUT2D eigenvalue weighted by molar-refractivity contribution is -0.115. The van der Waals surface area contributed by atoms with Gasteiger partial charge < -0.3 is 9.15 Å². The van der Waals surface area contributed by atoms with Crippen LogP contribution in [-0.2, 0) is 14.6 Å². The maximum absolute atomic E-state index is 12.9. The molecule has 0 saturated carbocycles. The molecule has 0 radical (unpaired) electrons. The molecule has 0 aliphatic heterocycles. The number of ether oxygens (including phenoxy) is 1. The fraction of sp³-hybridized carbons (Fsp3) is 0.167. The largest absolute Gasteiger partial charge is 0.497 e. The molecule has 0 aliphatic carbocycles. The smallest absolute Gasteiger partial charge is 0.322 e. The van der Waals surface area contributed by atoms with Crippen molar-refractivity contribution in [2.75, 3.05) is 18.2 Å². The molecule has 0 unspecified atom stereocenters. The van der Waals surface area contributed by atoms with E-state index in [1.807, 2.05) is 0 Å². The number of amides is 1. The van der Waals surface area contributed by atoms with Gasteiger partial charge >= 0.3 is 6.01 Å². The Bertz CT molecular complexity index is 1080. The van der Waals surface area contributed by atoms with Gasteiger partial charge in [-0.25, -0.2) is 12.8 Å². The van der Waals surface area contributed by atoms with Gasteiger partial charge in [0.15, 0.2) is 9.84 Å². The van der Waals surface area contributed by atoms with Crippen LogP contribution in [-0.4, -0.2) is 37.4 Å². The van der Waals surface area contributed by atoms with Gasteiger partial charge in [0, 0.05) is 12.0 Å². The van der Waals surface area contributed by atoms with Crippen molar-refractivity contribution in [1.82, 2.24) is 10.2 Å². The maximum Gasteiger partial charge on any atom is 0.322 e. The van der Waals surface area contributed by atoms with Gasteiger partial charge in [-0.3, -0.25) is 10.1 Å². The van der Waals surface area contributed by atoms with E-state index in [2.05, 4.69) is 15.5 Å². The Morgan fingerprint density at radius 1 is 1.18 bits per heavy atom. The average Bonchev–Trinajstić information content (AvgIpc) is 3.15. The summed E-state index contributed by atoms with van der Waals surface area (Å²) in [5.41, 5.74) is 0.603. The number of hydrogen-bond donors (Lipinski definition) is 1. The maximum atomic E-state index is 12.9. The van der Waals surface area contributed by atoms with E-state index in [0.717, 1.165) is 24.3 Å². The van der Waals surface area contributed by atoms with E-state index in [0.29, 0.717) is 11.3 Å². The molecule has 0 fully saturated rings. The SMILES string of the molecule is COc1cccc(-c2nnc(NC(=O)CCS(=O)(=O)c3ccc(F)cc3)o2)c1. The number of nitrogens with one attached hydrogen (secondary N) is 1. The lowest BCUT2D eigenvalue weighted by atomic mass is 10.2. The van der Waals surface area contributed by atoms with E-state index < -0.39 is 27.3 Å². The first-order valence-electron chi connectivity index (χ1n) is 8.13. The second-order valence-corrected chi connectivity index (χ2v) is 7.82. The van der Waals surface area contributed by atoms with Gasteiger partial charge in [-0.2, -0.15) is 0 Å². The average molecular weight is 405 g/mol. The summed E-state index contributed by atoms with van der Waals surface area (Å²) in [4.78, 5) is 12.0. The number of rotatable bonds is 7. The molecule has 0 saturated heterocycles. The predicted molar refractivity (Wildman–Crippen MR) is 98.0 cm³/mol. The summed E-state index contributed by atoms with van der Waals surface area (Å²) in [6, 6.07) is 11.2. The van der Waals surface area contributed by atoms with Crippen LogP contribution in [0.5, 0.6) is 5.75 Å². The van der Waals surface area contributed by atoms with E-state index in [1.54, 1.807) is 24.3 Å². The highest BCUT2D eigenvalue weighted by molar-refractivity contribution is 7.91. The number of halogens is 1. The summed E-state index contributed by atoms with van der Waals surface area (Å²) in [6.45, 7) is 0. The van der Waals surface area contributed by atoms with Crippen LogP contribution in [0.25, 0.3) is 11.5 Å². The Hall–Kier alpha value is -3.27. The monoisotopic (exact) mass is 405 g/mol. The number of anilines is 1. The molecule has 0 bridgehead atoms. The van der Waals surface area contributed by atoms with Crippen molar-refractivity contribution in [1.29, 1.82) is 0 Å². The lowest BCUT2D eigenvalue weighted by Gasteiger charge is -2.04. The zero-order chi connectivity index (χ0) is 20.1. The number of sulfone groups is 1. The Kier molecular flexibility index (Phi) is 5.69. The Balaban J connectivity index is 1.61. The number of benzene rings is 2. The number of carbonyl (C=O) groups excluding carboxylic acids is 1. The van der Waals surface area contributed by atoms with Gasteiger partial charge in [0.25, 0.3) is 0 Å². The summed E-state index contributed by atoms with van der Waals surface area (Å²) < 4.78 is 47.8. The second-order valence-electron chi connectivity index (χ2n) is 5.72. The third-order valence-electron chi connectivity index (χ3n) is 3.76. The summed E-state index contributed by atoms with van der Waals surface area (Å²) >= 11 is 0. The molecule has 1 N–H and O–H groups in total. The molecule has 3 rings (SSSR count). The van der Waals surface area contributed by atoms with Crippen molar-refractivity contribution < 1.29 is 26.8 Å². The first kappa shape index (κ1) is 19.5. The third kappa shape index (κ3) is 4.71. The van der Waals surface area contributed by atoms with Crippen LogP contribution < -0.4 is 10.1 Å². The fourth-order valence-corrected chi connectivity index (χ4v) is 3.56. The lowest BCUT2D eigenvalue weighted by Crippen LogP contribution is -2.17. The Labute approximate surface area is 160 Å². The molecular weight excluding hydrogens is 389 g/mol. The normalized spacial score (nSPS) is 11.2. The van der Waals surface area contributed by atoms with Crippen LogP contribution in [0.3, 0.4) is 0 Å². The summed E-state index contributed by atoms with van der Waals surface area (Å²) in [6.07, 6.45) is -0.323. The first-order valence-corrected chi connectivity index (χ1v) is 9.79. The Morgan fingerprint density at radius 2 is 1.93 bits per heavy atom. The van der Waals surface area contributed by atoms with Crippen molar-refractivity contribution in [3.8, 4) is 17.2 Å². The molecule has 28 heavy (non-hydrogen) atoms. The van der Waals surface area contributed by atoms with Gasteiger partial charge in [-0.1, -0.05) is 11.2 Å². The molecule has 0 aliphatic rings. The zero-order valence-corrected chi connectivity index (χ0v) is 15.6. The highest BCUT2D eigenvalue weighted by Gasteiger charge is 2.18. The van der Waals surface area contributed by atoms with Crippen LogP contribution in [0.15, 0.2) is 57.8 Å². The highest BCUT2D eigenvalue weighted by atomic mass is 32.2. The molecular formula is C18H16FN3O5S. The van der Waals surface area contributed by atoms with Crippen LogP contribution in [0, 0.1) is 5.82 Å². The summed E-state index contributed by atoms with van der Waals surface area (Å²) in [5, 5.41) is 9.92. The summed E-state index contributed by atoms with van der Waals surface area (Å²) in [7, 11) is -2.19. The molecule has 2 aromatic carbocycles. The van der Waals surface area contributed by atoms with Gasteiger partial charge in [0.1, 0.15) is 11.6 Å². The van der Waals surface area contributed by atoms with Crippen LogP contribution in [0.4, 0.5) is 10.4 Å². The topological polar surface area (TPSA) is 111 Å². The van der Waals surface area contributed by atoms with Crippen molar-refractivity contribution in [3.05, 3.63) is 54.3 Å². The number of nitrogens with zero attached hydrogens (tertiary/aromatic N) is 2. The molecule has 0 spiro atoms. The minimum atomic E-state index is -3.72. The van der Waals surface area contributed by atoms with Crippen molar-refractivity contribution in [2.24, 2.45) is 0 Å². The van der Waals surface area contributed by atoms with Gasteiger partial charge in [-0.05, 0) is 42.5 Å². The van der Waals surface area contributed by atoms with E-state index in [9.17, 15) is 17.6 Å². The minimum Gasteiger partial charge on any atom is -0.497 e. The standard InChI is InChI=1S/C18H16FN3O5S/c1-26-14-4-2-3-12(11-14)17-21-22-18(27-17)20-16(23)9-10-28(24,25)15-7-5-13(19)6-8-15/h2-8,11H,9-10H2,1H3,(H,20,22,23). The molecule has 1 aromatic heterocycles. The van der Waals surface area contributed by atoms with Gasteiger partial charge in [-0.15, -0.1) is 5.10 Å². The van der Waals surface area contributed by atoms with Crippen LogP contribution in [0.2, 0.25) is 0 Å². The van der Waals surface area contributed by atoms with Crippen molar-refractivity contribution in [3.63, 3.8) is 0 Å². The number of carbonyl (C=O) groups is 1. The molecule has 0 atom stereocenters. The van der Waals surface area contributed by atoms with E-state index in [-0.39, 0.29) is 23.2 Å². The molecule has 8 nitrogen and oxygen atoms in total. The highest BCUT2D eigenvalue weighted by Crippen LogP contribution is 2.24. The van der Waals surface area contributed by atoms with E-state index in [4.69, 9.17) is 9.15 Å². The second kappa shape index (κ2) is 8.17. The predicted octanol–water partition coefficient (Wildman–Crippen LogP) is 2.69. The molecule has 1 heterocycles. The molecule has 146 valence electrons. The summed E-state index contributed by atoms with van der Waals surface area (Å²) in [5.74, 6) is -0.812. The third-order valence-corrected chi connectivity index (χ3v) is 5.49. The van der Waals surface area contributed by atoms with Gasteiger partial charge in [0.05, 0.1) is 17.8 Å².